The summed E-state index contributed by atoms with van der Waals surface area (Å²) in [7, 11) is 0. The Labute approximate surface area is 125 Å². The molecule has 0 spiro atoms. The SMILES string of the molecule is O=C(NCc1cc2ccccc2[nH]1)c1cnn2cccnc12. The largest absolute Gasteiger partial charge is 0.357 e. The van der Waals surface area contributed by atoms with Crippen LogP contribution in [0.2, 0.25) is 0 Å². The van der Waals surface area contributed by atoms with Gasteiger partial charge < -0.3 is 10.3 Å². The van der Waals surface area contributed by atoms with Crippen LogP contribution in [0.5, 0.6) is 0 Å². The van der Waals surface area contributed by atoms with Crippen LogP contribution < -0.4 is 5.32 Å². The third-order valence-corrected chi connectivity index (χ3v) is 3.55. The summed E-state index contributed by atoms with van der Waals surface area (Å²) in [6, 6.07) is 11.8. The number of carbonyl (C=O) groups excluding carboxylic acids is 1. The van der Waals surface area contributed by atoms with Crippen molar-refractivity contribution in [2.75, 3.05) is 0 Å². The Morgan fingerprint density at radius 3 is 3.09 bits per heavy atom. The van der Waals surface area contributed by atoms with Gasteiger partial charge in [0.2, 0.25) is 0 Å². The average molecular weight is 291 g/mol. The van der Waals surface area contributed by atoms with E-state index in [1.807, 2.05) is 30.3 Å². The van der Waals surface area contributed by atoms with E-state index < -0.39 is 0 Å². The maximum absolute atomic E-state index is 12.3. The number of amides is 1. The molecule has 6 heteroatoms. The lowest BCUT2D eigenvalue weighted by Gasteiger charge is -2.02. The van der Waals surface area contributed by atoms with Gasteiger partial charge in [-0.15, -0.1) is 0 Å². The molecule has 0 fully saturated rings. The summed E-state index contributed by atoms with van der Waals surface area (Å²) in [5.41, 5.74) is 3.04. The molecular formula is C16H13N5O. The highest BCUT2D eigenvalue weighted by molar-refractivity contribution is 5.99. The van der Waals surface area contributed by atoms with E-state index in [1.165, 1.54) is 6.20 Å². The minimum absolute atomic E-state index is 0.188. The van der Waals surface area contributed by atoms with Crippen molar-refractivity contribution in [3.8, 4) is 0 Å². The Morgan fingerprint density at radius 1 is 1.27 bits per heavy atom. The standard InChI is InChI=1S/C16H13N5O/c22-16(13-10-19-21-7-3-6-17-15(13)21)18-9-12-8-11-4-1-2-5-14(11)20-12/h1-8,10,20H,9H2,(H,18,22). The molecule has 3 aromatic heterocycles. The number of H-pyrrole nitrogens is 1. The highest BCUT2D eigenvalue weighted by atomic mass is 16.1. The van der Waals surface area contributed by atoms with E-state index >= 15 is 0 Å². The van der Waals surface area contributed by atoms with Crippen LogP contribution >= 0.6 is 0 Å². The molecule has 4 rings (SSSR count). The predicted octanol–water partition coefficient (Wildman–Crippen LogP) is 2.14. The molecule has 1 aromatic carbocycles. The number of carbonyl (C=O) groups is 1. The van der Waals surface area contributed by atoms with E-state index in [-0.39, 0.29) is 5.91 Å². The molecule has 0 unspecified atom stereocenters. The Morgan fingerprint density at radius 2 is 2.18 bits per heavy atom. The monoisotopic (exact) mass is 291 g/mol. The van der Waals surface area contributed by atoms with Gasteiger partial charge in [-0.1, -0.05) is 18.2 Å². The second kappa shape index (κ2) is 5.00. The smallest absolute Gasteiger partial charge is 0.257 e. The van der Waals surface area contributed by atoms with Crippen LogP contribution in [0, 0.1) is 0 Å². The number of hydrogen-bond acceptors (Lipinski definition) is 3. The first-order valence-electron chi connectivity index (χ1n) is 6.94. The van der Waals surface area contributed by atoms with Crippen molar-refractivity contribution in [1.29, 1.82) is 0 Å². The number of fused-ring (bicyclic) bond motifs is 2. The van der Waals surface area contributed by atoms with Gasteiger partial charge in [-0.3, -0.25) is 4.79 Å². The van der Waals surface area contributed by atoms with Crippen LogP contribution in [0.3, 0.4) is 0 Å². The number of aromatic amines is 1. The molecule has 0 aliphatic heterocycles. The molecule has 0 aliphatic rings. The average Bonchev–Trinajstić information content (AvgIpc) is 3.16. The second-order valence-electron chi connectivity index (χ2n) is 5.01. The summed E-state index contributed by atoms with van der Waals surface area (Å²) in [4.78, 5) is 19.8. The minimum Gasteiger partial charge on any atom is -0.357 e. The number of benzene rings is 1. The Kier molecular flexibility index (Phi) is 2.86. The van der Waals surface area contributed by atoms with Gasteiger partial charge >= 0.3 is 0 Å². The molecule has 0 radical (unpaired) electrons. The van der Waals surface area contributed by atoms with Gasteiger partial charge in [0.25, 0.3) is 5.91 Å². The summed E-state index contributed by atoms with van der Waals surface area (Å²) < 4.78 is 1.58. The van der Waals surface area contributed by atoms with E-state index in [0.717, 1.165) is 16.6 Å². The van der Waals surface area contributed by atoms with Crippen LogP contribution in [-0.4, -0.2) is 25.5 Å². The molecule has 4 aromatic rings. The molecule has 0 saturated heterocycles. The fourth-order valence-electron chi connectivity index (χ4n) is 2.49. The van der Waals surface area contributed by atoms with Gasteiger partial charge in [0.1, 0.15) is 5.56 Å². The predicted molar refractivity (Wildman–Crippen MR) is 82.5 cm³/mol. The maximum atomic E-state index is 12.3. The lowest BCUT2D eigenvalue weighted by Crippen LogP contribution is -2.22. The number of rotatable bonds is 3. The lowest BCUT2D eigenvalue weighted by molar-refractivity contribution is 0.0952. The van der Waals surface area contributed by atoms with Crippen LogP contribution in [0.4, 0.5) is 0 Å². The Bertz CT molecular complexity index is 936. The Balaban J connectivity index is 1.54. The fourth-order valence-corrected chi connectivity index (χ4v) is 2.49. The third kappa shape index (κ3) is 2.10. The molecular weight excluding hydrogens is 278 g/mol. The first-order valence-corrected chi connectivity index (χ1v) is 6.94. The molecule has 2 N–H and O–H groups in total. The minimum atomic E-state index is -0.188. The summed E-state index contributed by atoms with van der Waals surface area (Å²) >= 11 is 0. The second-order valence-corrected chi connectivity index (χ2v) is 5.01. The molecule has 0 aliphatic carbocycles. The fraction of sp³-hybridized carbons (Fsp3) is 0.0625. The van der Waals surface area contributed by atoms with Gasteiger partial charge in [0, 0.05) is 23.6 Å². The molecule has 108 valence electrons. The number of aromatic nitrogens is 4. The molecule has 22 heavy (non-hydrogen) atoms. The summed E-state index contributed by atoms with van der Waals surface area (Å²) in [6.07, 6.45) is 4.94. The van der Waals surface area contributed by atoms with E-state index in [0.29, 0.717) is 17.8 Å². The van der Waals surface area contributed by atoms with Crippen molar-refractivity contribution in [1.82, 2.24) is 24.9 Å². The molecule has 3 heterocycles. The van der Waals surface area contributed by atoms with E-state index in [1.54, 1.807) is 23.0 Å². The van der Waals surface area contributed by atoms with E-state index in [9.17, 15) is 4.79 Å². The molecule has 0 saturated carbocycles. The molecule has 0 bridgehead atoms. The highest BCUT2D eigenvalue weighted by Gasteiger charge is 2.13. The lowest BCUT2D eigenvalue weighted by atomic mass is 10.2. The first kappa shape index (κ1) is 12.6. The van der Waals surface area contributed by atoms with Crippen LogP contribution in [-0.2, 0) is 6.54 Å². The van der Waals surface area contributed by atoms with Gasteiger partial charge in [-0.2, -0.15) is 5.10 Å². The van der Waals surface area contributed by atoms with E-state index in [4.69, 9.17) is 0 Å². The maximum Gasteiger partial charge on any atom is 0.257 e. The van der Waals surface area contributed by atoms with E-state index in [2.05, 4.69) is 20.4 Å². The first-order chi connectivity index (χ1) is 10.8. The van der Waals surface area contributed by atoms with Gasteiger partial charge in [-0.25, -0.2) is 9.50 Å². The van der Waals surface area contributed by atoms with Crippen molar-refractivity contribution in [2.45, 2.75) is 6.54 Å². The zero-order valence-corrected chi connectivity index (χ0v) is 11.7. The van der Waals surface area contributed by atoms with Crippen LogP contribution in [0.15, 0.2) is 55.0 Å². The number of nitrogens with zero attached hydrogens (tertiary/aromatic N) is 3. The summed E-state index contributed by atoms with van der Waals surface area (Å²) in [6.45, 7) is 0.428. The third-order valence-electron chi connectivity index (χ3n) is 3.55. The van der Waals surface area contributed by atoms with Gasteiger partial charge in [0.15, 0.2) is 5.65 Å². The zero-order chi connectivity index (χ0) is 14.9. The van der Waals surface area contributed by atoms with Crippen LogP contribution in [0.1, 0.15) is 16.1 Å². The number of nitrogens with one attached hydrogen (secondary N) is 2. The summed E-state index contributed by atoms with van der Waals surface area (Å²) in [5.74, 6) is -0.188. The zero-order valence-electron chi connectivity index (χ0n) is 11.7. The molecule has 0 atom stereocenters. The van der Waals surface area contributed by atoms with Crippen molar-refractivity contribution in [3.05, 3.63) is 66.2 Å². The summed E-state index contributed by atoms with van der Waals surface area (Å²) in [5, 5.41) is 8.14. The Hall–Kier alpha value is -3.15. The number of hydrogen-bond donors (Lipinski definition) is 2. The van der Waals surface area contributed by atoms with Crippen molar-refractivity contribution in [2.24, 2.45) is 0 Å². The van der Waals surface area contributed by atoms with Gasteiger partial charge in [0.05, 0.1) is 12.7 Å². The van der Waals surface area contributed by atoms with Crippen molar-refractivity contribution in [3.63, 3.8) is 0 Å². The van der Waals surface area contributed by atoms with Gasteiger partial charge in [-0.05, 0) is 23.6 Å². The van der Waals surface area contributed by atoms with Crippen LogP contribution in [0.25, 0.3) is 16.6 Å². The number of para-hydroxylation sites is 1. The molecule has 1 amide bonds. The topological polar surface area (TPSA) is 75.1 Å². The normalized spacial score (nSPS) is 11.1. The van der Waals surface area contributed by atoms with Crippen molar-refractivity contribution < 1.29 is 4.79 Å². The molecule has 6 nitrogen and oxygen atoms in total. The highest BCUT2D eigenvalue weighted by Crippen LogP contribution is 2.14. The van der Waals surface area contributed by atoms with Crippen molar-refractivity contribution >= 4 is 22.5 Å². The quantitative estimate of drug-likeness (QED) is 0.607.